The van der Waals surface area contributed by atoms with Crippen molar-refractivity contribution in [2.45, 2.75) is 38.0 Å². The lowest BCUT2D eigenvalue weighted by Crippen LogP contribution is -2.49. The van der Waals surface area contributed by atoms with E-state index < -0.39 is 17.2 Å². The van der Waals surface area contributed by atoms with E-state index in [1.165, 1.54) is 4.90 Å². The van der Waals surface area contributed by atoms with Gasteiger partial charge in [-0.2, -0.15) is 13.2 Å². The summed E-state index contributed by atoms with van der Waals surface area (Å²) in [6, 6.07) is 0.827. The van der Waals surface area contributed by atoms with Crippen molar-refractivity contribution in [2.24, 2.45) is 17.1 Å². The highest BCUT2D eigenvalue weighted by Crippen LogP contribution is 2.50. The fourth-order valence-corrected chi connectivity index (χ4v) is 5.25. The fraction of sp³-hybridized carbons (Fsp3) is 0.650. The molecule has 3 amide bonds. The molecule has 164 valence electrons. The molecule has 2 aliphatic heterocycles. The summed E-state index contributed by atoms with van der Waals surface area (Å²) in [6.07, 6.45) is -2.07. The summed E-state index contributed by atoms with van der Waals surface area (Å²) in [5.41, 5.74) is 5.64. The van der Waals surface area contributed by atoms with Gasteiger partial charge in [-0.05, 0) is 30.4 Å². The quantitative estimate of drug-likeness (QED) is 0.743. The maximum atomic E-state index is 13.7. The van der Waals surface area contributed by atoms with E-state index in [2.05, 4.69) is 4.98 Å². The third kappa shape index (κ3) is 3.40. The standard InChI is InChI=1S/C20H26F3N5O2/c1-26(2)18(30)28-10-14-6-15(24)7-19(14,11-28)17(29)27-4-3-16-12(9-27)5-13(8-25-16)20(21,22)23/h5,8,14-15H,3-4,6-7,9-11,24H2,1-2H3/t14-,15+,19-/m0/s1. The van der Waals surface area contributed by atoms with Gasteiger partial charge in [0.05, 0.1) is 11.0 Å². The number of hydrogen-bond donors (Lipinski definition) is 1. The predicted molar refractivity (Wildman–Crippen MR) is 102 cm³/mol. The van der Waals surface area contributed by atoms with Crippen LogP contribution in [0, 0.1) is 11.3 Å². The number of hydrogen-bond acceptors (Lipinski definition) is 4. The van der Waals surface area contributed by atoms with Gasteiger partial charge in [-0.3, -0.25) is 9.78 Å². The minimum Gasteiger partial charge on any atom is -0.337 e. The van der Waals surface area contributed by atoms with Crippen LogP contribution < -0.4 is 5.73 Å². The summed E-state index contributed by atoms with van der Waals surface area (Å²) in [5.74, 6) is -0.150. The summed E-state index contributed by atoms with van der Waals surface area (Å²) in [6.45, 7) is 1.26. The van der Waals surface area contributed by atoms with E-state index in [0.29, 0.717) is 50.2 Å². The third-order valence-corrected chi connectivity index (χ3v) is 6.64. The molecule has 1 aliphatic carbocycles. The van der Waals surface area contributed by atoms with E-state index in [4.69, 9.17) is 5.73 Å². The van der Waals surface area contributed by atoms with E-state index in [-0.39, 0.29) is 30.4 Å². The molecule has 0 bridgehead atoms. The minimum atomic E-state index is -4.48. The number of carbonyl (C=O) groups is 2. The molecule has 3 aliphatic rings. The normalized spacial score (nSPS) is 28.3. The average Bonchev–Trinajstić information content (AvgIpc) is 3.18. The van der Waals surface area contributed by atoms with Crippen LogP contribution in [0.4, 0.5) is 18.0 Å². The maximum Gasteiger partial charge on any atom is 0.417 e. The minimum absolute atomic E-state index is 0.0371. The van der Waals surface area contributed by atoms with E-state index in [1.807, 2.05) is 0 Å². The van der Waals surface area contributed by atoms with Gasteiger partial charge in [0.2, 0.25) is 5.91 Å². The first-order valence-electron chi connectivity index (χ1n) is 10.1. The molecule has 0 unspecified atom stereocenters. The van der Waals surface area contributed by atoms with E-state index in [0.717, 1.165) is 12.3 Å². The average molecular weight is 425 g/mol. The lowest BCUT2D eigenvalue weighted by Gasteiger charge is -2.37. The number of nitrogens with two attached hydrogens (primary N) is 1. The number of fused-ring (bicyclic) bond motifs is 2. The summed E-state index contributed by atoms with van der Waals surface area (Å²) < 4.78 is 39.3. The van der Waals surface area contributed by atoms with Crippen LogP contribution in [-0.2, 0) is 23.9 Å². The topological polar surface area (TPSA) is 82.8 Å². The Labute approximate surface area is 173 Å². The number of halogens is 3. The number of alkyl halides is 3. The lowest BCUT2D eigenvalue weighted by atomic mass is 9.78. The van der Waals surface area contributed by atoms with Crippen LogP contribution in [0.5, 0.6) is 0 Å². The van der Waals surface area contributed by atoms with Gasteiger partial charge in [-0.25, -0.2) is 4.79 Å². The molecule has 30 heavy (non-hydrogen) atoms. The molecule has 0 radical (unpaired) electrons. The molecular weight excluding hydrogens is 399 g/mol. The van der Waals surface area contributed by atoms with Gasteiger partial charge in [0, 0.05) is 64.6 Å². The summed E-state index contributed by atoms with van der Waals surface area (Å²) in [4.78, 5) is 34.9. The van der Waals surface area contributed by atoms with Crippen LogP contribution in [-0.4, -0.2) is 71.4 Å². The zero-order chi connectivity index (χ0) is 21.8. The summed E-state index contributed by atoms with van der Waals surface area (Å²) >= 11 is 0. The smallest absolute Gasteiger partial charge is 0.337 e. The molecule has 0 aromatic carbocycles. The number of carbonyl (C=O) groups excluding carboxylic acids is 2. The summed E-state index contributed by atoms with van der Waals surface area (Å²) in [5, 5.41) is 0. The van der Waals surface area contributed by atoms with Crippen molar-refractivity contribution >= 4 is 11.9 Å². The van der Waals surface area contributed by atoms with Gasteiger partial charge >= 0.3 is 12.2 Å². The molecule has 10 heteroatoms. The van der Waals surface area contributed by atoms with E-state index >= 15 is 0 Å². The van der Waals surface area contributed by atoms with Crippen molar-refractivity contribution in [1.82, 2.24) is 19.7 Å². The Hall–Kier alpha value is -2.36. The molecule has 1 aromatic heterocycles. The van der Waals surface area contributed by atoms with Crippen molar-refractivity contribution in [3.8, 4) is 0 Å². The molecule has 2 N–H and O–H groups in total. The van der Waals surface area contributed by atoms with Crippen molar-refractivity contribution in [2.75, 3.05) is 33.7 Å². The van der Waals surface area contributed by atoms with Crippen molar-refractivity contribution in [3.63, 3.8) is 0 Å². The van der Waals surface area contributed by atoms with Gasteiger partial charge in [0.15, 0.2) is 0 Å². The molecule has 1 saturated carbocycles. The van der Waals surface area contributed by atoms with E-state index in [1.54, 1.807) is 23.9 Å². The first-order chi connectivity index (χ1) is 14.0. The number of likely N-dealkylation sites (tertiary alicyclic amines) is 1. The predicted octanol–water partition coefficient (Wildman–Crippen LogP) is 1.71. The Morgan fingerprint density at radius 1 is 1.30 bits per heavy atom. The van der Waals surface area contributed by atoms with Gasteiger partial charge < -0.3 is 20.4 Å². The fourth-order valence-electron chi connectivity index (χ4n) is 5.25. The highest BCUT2D eigenvalue weighted by Gasteiger charge is 2.59. The monoisotopic (exact) mass is 425 g/mol. The van der Waals surface area contributed by atoms with Crippen LogP contribution in [0.25, 0.3) is 0 Å². The number of urea groups is 1. The Balaban J connectivity index is 1.59. The number of aromatic nitrogens is 1. The number of nitrogens with zero attached hydrogens (tertiary/aromatic N) is 4. The second-order valence-corrected chi connectivity index (χ2v) is 8.91. The molecule has 7 nitrogen and oxygen atoms in total. The zero-order valence-corrected chi connectivity index (χ0v) is 17.1. The molecular formula is C20H26F3N5O2. The second-order valence-electron chi connectivity index (χ2n) is 8.91. The number of amides is 3. The molecule has 0 spiro atoms. The van der Waals surface area contributed by atoms with Crippen LogP contribution >= 0.6 is 0 Å². The Bertz CT molecular complexity index is 874. The van der Waals surface area contributed by atoms with E-state index in [9.17, 15) is 22.8 Å². The zero-order valence-electron chi connectivity index (χ0n) is 17.1. The molecule has 2 fully saturated rings. The van der Waals surface area contributed by atoms with Crippen LogP contribution in [0.1, 0.15) is 29.7 Å². The van der Waals surface area contributed by atoms with Gasteiger partial charge in [0.1, 0.15) is 0 Å². The van der Waals surface area contributed by atoms with Gasteiger partial charge in [-0.15, -0.1) is 0 Å². The SMILES string of the molecule is CN(C)C(=O)N1C[C@@H]2C[C@@H](N)C[C@]2(C(=O)N2CCc3ncc(C(F)(F)F)cc3C2)C1. The van der Waals surface area contributed by atoms with Gasteiger partial charge in [0.25, 0.3) is 0 Å². The number of pyridine rings is 1. The first kappa shape index (κ1) is 20.9. The largest absolute Gasteiger partial charge is 0.417 e. The molecule has 4 rings (SSSR count). The second kappa shape index (κ2) is 7.11. The number of rotatable bonds is 1. The highest BCUT2D eigenvalue weighted by molar-refractivity contribution is 5.86. The summed E-state index contributed by atoms with van der Waals surface area (Å²) in [7, 11) is 3.34. The maximum absolute atomic E-state index is 13.7. The Kier molecular flexibility index (Phi) is 4.95. The van der Waals surface area contributed by atoms with Crippen LogP contribution in [0.3, 0.4) is 0 Å². The molecule has 3 atom stereocenters. The first-order valence-corrected chi connectivity index (χ1v) is 10.1. The van der Waals surface area contributed by atoms with Crippen LogP contribution in [0.2, 0.25) is 0 Å². The molecule has 3 heterocycles. The highest BCUT2D eigenvalue weighted by atomic mass is 19.4. The van der Waals surface area contributed by atoms with Crippen molar-refractivity contribution in [3.05, 3.63) is 29.1 Å². The molecule has 1 aromatic rings. The van der Waals surface area contributed by atoms with Crippen molar-refractivity contribution in [1.29, 1.82) is 0 Å². The van der Waals surface area contributed by atoms with Crippen molar-refractivity contribution < 1.29 is 22.8 Å². The Morgan fingerprint density at radius 3 is 2.70 bits per heavy atom. The lowest BCUT2D eigenvalue weighted by molar-refractivity contribution is -0.143. The Morgan fingerprint density at radius 2 is 2.03 bits per heavy atom. The van der Waals surface area contributed by atoms with Gasteiger partial charge in [-0.1, -0.05) is 0 Å². The van der Waals surface area contributed by atoms with Crippen LogP contribution in [0.15, 0.2) is 12.3 Å². The molecule has 1 saturated heterocycles. The third-order valence-electron chi connectivity index (χ3n) is 6.64.